The molecule has 0 aromatic heterocycles. The van der Waals surface area contributed by atoms with E-state index >= 15 is 0 Å². The molecule has 0 N–H and O–H groups in total. The fourth-order valence-electron chi connectivity index (χ4n) is 2.07. The highest BCUT2D eigenvalue weighted by atomic mass is 14.2. The lowest BCUT2D eigenvalue weighted by Crippen LogP contribution is -1.95. The zero-order valence-corrected chi connectivity index (χ0v) is 6.61. The molecule has 2 aliphatic carbocycles. The number of hydrogen-bond acceptors (Lipinski definition) is 0. The maximum Gasteiger partial charge on any atom is -0.0127 e. The summed E-state index contributed by atoms with van der Waals surface area (Å²) in [6.45, 7) is 2.26. The van der Waals surface area contributed by atoms with Gasteiger partial charge in [0.05, 0.1) is 0 Å². The van der Waals surface area contributed by atoms with Crippen molar-refractivity contribution >= 4 is 0 Å². The van der Waals surface area contributed by atoms with E-state index in [0.717, 1.165) is 0 Å². The molecule has 54 valence electrons. The molecule has 0 fully saturated rings. The van der Waals surface area contributed by atoms with Crippen LogP contribution in [-0.4, -0.2) is 0 Å². The highest BCUT2D eigenvalue weighted by Crippen LogP contribution is 2.36. The Hall–Kier alpha value is -0.520. The van der Waals surface area contributed by atoms with Gasteiger partial charge in [0.15, 0.2) is 0 Å². The fourth-order valence-corrected chi connectivity index (χ4v) is 2.07. The molecule has 0 amide bonds. The second-order valence-electron chi connectivity index (χ2n) is 3.38. The molecule has 0 heteroatoms. The Morgan fingerprint density at radius 2 is 2.00 bits per heavy atom. The van der Waals surface area contributed by atoms with E-state index in [0.29, 0.717) is 0 Å². The van der Waals surface area contributed by atoms with Crippen molar-refractivity contribution in [2.24, 2.45) is 0 Å². The predicted octanol–water partition coefficient (Wildman–Crippen LogP) is 3.21. The van der Waals surface area contributed by atoms with Gasteiger partial charge in [0.25, 0.3) is 0 Å². The van der Waals surface area contributed by atoms with Crippen molar-refractivity contribution in [1.29, 1.82) is 0 Å². The molecule has 0 unspecified atom stereocenters. The first kappa shape index (κ1) is 6.21. The van der Waals surface area contributed by atoms with E-state index in [1.165, 1.54) is 32.1 Å². The van der Waals surface area contributed by atoms with E-state index < -0.39 is 0 Å². The molecule has 0 spiro atoms. The Morgan fingerprint density at radius 1 is 1.20 bits per heavy atom. The second-order valence-corrected chi connectivity index (χ2v) is 3.38. The normalized spacial score (nSPS) is 24.7. The average molecular weight is 134 g/mol. The van der Waals surface area contributed by atoms with Gasteiger partial charge >= 0.3 is 0 Å². The van der Waals surface area contributed by atoms with Gasteiger partial charge in [-0.3, -0.25) is 0 Å². The molecule has 0 nitrogen and oxygen atoms in total. The lowest BCUT2D eigenvalue weighted by molar-refractivity contribution is 0.677. The van der Waals surface area contributed by atoms with Crippen LogP contribution in [0.5, 0.6) is 0 Å². The third kappa shape index (κ3) is 0.828. The molecule has 0 aromatic rings. The third-order valence-corrected chi connectivity index (χ3v) is 2.71. The van der Waals surface area contributed by atoms with Gasteiger partial charge in [0.2, 0.25) is 0 Å². The van der Waals surface area contributed by atoms with E-state index in [1.807, 2.05) is 0 Å². The van der Waals surface area contributed by atoms with Crippen molar-refractivity contribution in [3.63, 3.8) is 0 Å². The Bertz CT molecular complexity index is 206. The van der Waals surface area contributed by atoms with Crippen LogP contribution in [0.1, 0.15) is 39.0 Å². The fraction of sp³-hybridized carbons (Fsp3) is 0.600. The number of allylic oxidation sites excluding steroid dienone is 4. The summed E-state index contributed by atoms with van der Waals surface area (Å²) in [5.41, 5.74) is 5.00. The molecule has 0 bridgehead atoms. The molecular formula is C10H14. The largest absolute Gasteiger partial charge is 0.0772 e. The van der Waals surface area contributed by atoms with Gasteiger partial charge in [-0.05, 0) is 44.6 Å². The lowest BCUT2D eigenvalue weighted by Gasteiger charge is -2.14. The van der Waals surface area contributed by atoms with Crippen molar-refractivity contribution in [2.75, 3.05) is 0 Å². The van der Waals surface area contributed by atoms with Crippen LogP contribution in [0.4, 0.5) is 0 Å². The van der Waals surface area contributed by atoms with Gasteiger partial charge in [-0.25, -0.2) is 0 Å². The topological polar surface area (TPSA) is 0 Å². The molecular weight excluding hydrogens is 120 g/mol. The summed E-state index contributed by atoms with van der Waals surface area (Å²) in [6, 6.07) is 0. The van der Waals surface area contributed by atoms with Crippen LogP contribution in [0.15, 0.2) is 22.8 Å². The van der Waals surface area contributed by atoms with E-state index in [1.54, 1.807) is 16.7 Å². The molecule has 0 atom stereocenters. The summed E-state index contributed by atoms with van der Waals surface area (Å²) in [4.78, 5) is 0. The van der Waals surface area contributed by atoms with Crippen LogP contribution in [0.3, 0.4) is 0 Å². The highest BCUT2D eigenvalue weighted by molar-refractivity contribution is 5.42. The highest BCUT2D eigenvalue weighted by Gasteiger charge is 2.16. The number of hydrogen-bond donors (Lipinski definition) is 0. The number of rotatable bonds is 0. The lowest BCUT2D eigenvalue weighted by atomic mass is 9.91. The summed E-state index contributed by atoms with van der Waals surface area (Å²) in [6.07, 6.45) is 9.24. The van der Waals surface area contributed by atoms with Crippen LogP contribution in [0.2, 0.25) is 0 Å². The Morgan fingerprint density at radius 3 is 2.80 bits per heavy atom. The van der Waals surface area contributed by atoms with Gasteiger partial charge in [-0.1, -0.05) is 17.2 Å². The zero-order valence-electron chi connectivity index (χ0n) is 6.61. The predicted molar refractivity (Wildman–Crippen MR) is 43.9 cm³/mol. The standard InChI is InChI=1S/C10H14/c1-8-6-7-9-4-2-3-5-10(8)9/h6H,2-5,7H2,1H3. The van der Waals surface area contributed by atoms with E-state index in [-0.39, 0.29) is 0 Å². The van der Waals surface area contributed by atoms with Crippen molar-refractivity contribution < 1.29 is 0 Å². The summed E-state index contributed by atoms with van der Waals surface area (Å²) < 4.78 is 0. The maximum absolute atomic E-state index is 2.38. The van der Waals surface area contributed by atoms with Crippen LogP contribution in [0.25, 0.3) is 0 Å². The van der Waals surface area contributed by atoms with Crippen molar-refractivity contribution in [1.82, 2.24) is 0 Å². The van der Waals surface area contributed by atoms with Gasteiger partial charge in [0, 0.05) is 0 Å². The summed E-state index contributed by atoms with van der Waals surface area (Å²) in [5.74, 6) is 0. The quantitative estimate of drug-likeness (QED) is 0.477. The minimum absolute atomic E-state index is 1.27. The van der Waals surface area contributed by atoms with Crippen molar-refractivity contribution in [2.45, 2.75) is 39.0 Å². The molecule has 10 heavy (non-hydrogen) atoms. The smallest absolute Gasteiger partial charge is 0.0127 e. The molecule has 0 saturated carbocycles. The van der Waals surface area contributed by atoms with Crippen LogP contribution in [-0.2, 0) is 0 Å². The first-order valence-corrected chi connectivity index (χ1v) is 4.26. The SMILES string of the molecule is CC1=CCC2=C1CCCC2. The monoisotopic (exact) mass is 134 g/mol. The second kappa shape index (κ2) is 2.26. The minimum Gasteiger partial charge on any atom is -0.0772 e. The molecule has 0 heterocycles. The maximum atomic E-state index is 2.38. The van der Waals surface area contributed by atoms with E-state index in [2.05, 4.69) is 13.0 Å². The first-order valence-electron chi connectivity index (χ1n) is 4.26. The van der Waals surface area contributed by atoms with Gasteiger partial charge < -0.3 is 0 Å². The Kier molecular flexibility index (Phi) is 1.40. The molecule has 0 radical (unpaired) electrons. The van der Waals surface area contributed by atoms with Gasteiger partial charge in [-0.2, -0.15) is 0 Å². The average Bonchev–Trinajstić information content (AvgIpc) is 2.34. The summed E-state index contributed by atoms with van der Waals surface area (Å²) in [7, 11) is 0. The molecule has 2 aliphatic rings. The Labute approximate surface area is 62.6 Å². The van der Waals surface area contributed by atoms with Crippen molar-refractivity contribution in [3.8, 4) is 0 Å². The van der Waals surface area contributed by atoms with Crippen LogP contribution >= 0.6 is 0 Å². The zero-order chi connectivity index (χ0) is 6.97. The van der Waals surface area contributed by atoms with Crippen molar-refractivity contribution in [3.05, 3.63) is 22.8 Å². The minimum atomic E-state index is 1.27. The van der Waals surface area contributed by atoms with Crippen LogP contribution in [0, 0.1) is 0 Å². The third-order valence-electron chi connectivity index (χ3n) is 2.71. The van der Waals surface area contributed by atoms with E-state index in [4.69, 9.17) is 0 Å². The molecule has 0 aliphatic heterocycles. The summed E-state index contributed by atoms with van der Waals surface area (Å²) in [5, 5.41) is 0. The first-order chi connectivity index (χ1) is 4.88. The molecule has 0 saturated heterocycles. The Balaban J connectivity index is 2.28. The molecule has 2 rings (SSSR count). The van der Waals surface area contributed by atoms with Gasteiger partial charge in [-0.15, -0.1) is 0 Å². The molecule has 0 aromatic carbocycles. The van der Waals surface area contributed by atoms with Crippen LogP contribution < -0.4 is 0 Å². The summed E-state index contributed by atoms with van der Waals surface area (Å²) >= 11 is 0. The van der Waals surface area contributed by atoms with Gasteiger partial charge in [0.1, 0.15) is 0 Å². The van der Waals surface area contributed by atoms with E-state index in [9.17, 15) is 0 Å².